The fraction of sp³-hybridized carbons (Fsp3) is 0.440. The van der Waals surface area contributed by atoms with E-state index in [0.717, 1.165) is 60.4 Å². The smallest absolute Gasteiger partial charge is 0.261 e. The topological polar surface area (TPSA) is 81.4 Å². The van der Waals surface area contributed by atoms with Crippen molar-refractivity contribution < 1.29 is 14.1 Å². The highest BCUT2D eigenvalue weighted by molar-refractivity contribution is 5.79. The quantitative estimate of drug-likeness (QED) is 0.530. The minimum absolute atomic E-state index is 0.00317. The number of carbonyl (C=O) groups is 1. The summed E-state index contributed by atoms with van der Waals surface area (Å²) in [5.41, 5.74) is 3.47. The van der Waals surface area contributed by atoms with Crippen LogP contribution in [0.15, 0.2) is 41.1 Å². The second-order valence-electron chi connectivity index (χ2n) is 8.26. The van der Waals surface area contributed by atoms with Crippen LogP contribution in [0.25, 0.3) is 11.3 Å². The van der Waals surface area contributed by atoms with Crippen molar-refractivity contribution in [2.24, 2.45) is 0 Å². The molecule has 7 nitrogen and oxygen atoms in total. The van der Waals surface area contributed by atoms with Crippen LogP contribution < -0.4 is 4.74 Å². The number of likely N-dealkylation sites (tertiary alicyclic amines) is 1. The first-order valence-electron chi connectivity index (χ1n) is 11.3. The van der Waals surface area contributed by atoms with Crippen molar-refractivity contribution in [3.8, 4) is 17.1 Å². The Kier molecular flexibility index (Phi) is 6.83. The van der Waals surface area contributed by atoms with Gasteiger partial charge in [0, 0.05) is 24.7 Å². The number of nitrogens with zero attached hydrogens (tertiary/aromatic N) is 4. The summed E-state index contributed by atoms with van der Waals surface area (Å²) in [6.45, 7) is 6.71. The van der Waals surface area contributed by atoms with Gasteiger partial charge in [-0.05, 0) is 51.7 Å². The molecule has 0 N–H and O–H groups in total. The van der Waals surface area contributed by atoms with Gasteiger partial charge in [-0.3, -0.25) is 4.79 Å². The number of benzene rings is 1. The van der Waals surface area contributed by atoms with Gasteiger partial charge in [0.25, 0.3) is 5.91 Å². The molecule has 0 spiro atoms. The Balaban J connectivity index is 1.66. The van der Waals surface area contributed by atoms with Crippen LogP contribution in [0.3, 0.4) is 0 Å². The van der Waals surface area contributed by atoms with Crippen LogP contribution in [-0.2, 0) is 11.2 Å². The van der Waals surface area contributed by atoms with Gasteiger partial charge in [0.2, 0.25) is 0 Å². The van der Waals surface area contributed by atoms with Gasteiger partial charge in [0.15, 0.2) is 12.4 Å². The van der Waals surface area contributed by atoms with E-state index in [9.17, 15) is 4.79 Å². The first-order valence-corrected chi connectivity index (χ1v) is 11.3. The van der Waals surface area contributed by atoms with E-state index in [1.54, 1.807) is 0 Å². The van der Waals surface area contributed by atoms with Gasteiger partial charge in [-0.15, -0.1) is 0 Å². The fourth-order valence-electron chi connectivity index (χ4n) is 4.13. The first-order chi connectivity index (χ1) is 15.6. The SMILES string of the molecule is CCCc1ncc(-c2onc(C)c2C)c([C@H]2CCCCN2C(=O)COc2ccccc2)n1. The number of hydrogen-bond acceptors (Lipinski definition) is 6. The van der Waals surface area contributed by atoms with E-state index in [0.29, 0.717) is 18.1 Å². The fourth-order valence-corrected chi connectivity index (χ4v) is 4.13. The zero-order valence-electron chi connectivity index (χ0n) is 19.0. The Hall–Kier alpha value is -3.22. The maximum absolute atomic E-state index is 13.2. The van der Waals surface area contributed by atoms with E-state index in [1.807, 2.05) is 55.3 Å². The third kappa shape index (κ3) is 4.66. The molecule has 2 aromatic heterocycles. The molecule has 0 saturated carbocycles. The molecule has 1 amide bonds. The molecule has 3 aromatic rings. The molecule has 0 unspecified atom stereocenters. The number of rotatable bonds is 7. The average molecular weight is 435 g/mol. The van der Waals surface area contributed by atoms with Crippen LogP contribution in [0.2, 0.25) is 0 Å². The molecule has 168 valence electrons. The van der Waals surface area contributed by atoms with Crippen molar-refractivity contribution in [3.63, 3.8) is 0 Å². The lowest BCUT2D eigenvalue weighted by atomic mass is 9.94. The van der Waals surface area contributed by atoms with E-state index in [2.05, 4.69) is 17.1 Å². The molecule has 4 rings (SSSR count). The van der Waals surface area contributed by atoms with Crippen LogP contribution in [0.1, 0.15) is 61.4 Å². The maximum Gasteiger partial charge on any atom is 0.261 e. The Morgan fingerprint density at radius 3 is 2.75 bits per heavy atom. The molecule has 1 saturated heterocycles. The van der Waals surface area contributed by atoms with Crippen molar-refractivity contribution in [2.75, 3.05) is 13.2 Å². The Bertz CT molecular complexity index is 1060. The van der Waals surface area contributed by atoms with Gasteiger partial charge in [0.05, 0.1) is 23.0 Å². The Morgan fingerprint density at radius 2 is 2.03 bits per heavy atom. The van der Waals surface area contributed by atoms with E-state index >= 15 is 0 Å². The van der Waals surface area contributed by atoms with Gasteiger partial charge in [0.1, 0.15) is 11.6 Å². The summed E-state index contributed by atoms with van der Waals surface area (Å²) in [6.07, 6.45) is 6.43. The largest absolute Gasteiger partial charge is 0.484 e. The molecule has 0 aliphatic carbocycles. The molecule has 1 aliphatic heterocycles. The van der Waals surface area contributed by atoms with Crippen LogP contribution >= 0.6 is 0 Å². The van der Waals surface area contributed by atoms with E-state index < -0.39 is 0 Å². The number of amides is 1. The third-order valence-electron chi connectivity index (χ3n) is 5.99. The van der Waals surface area contributed by atoms with Gasteiger partial charge in [-0.2, -0.15) is 0 Å². The number of piperidine rings is 1. The van der Waals surface area contributed by atoms with Crippen LogP contribution in [0.4, 0.5) is 0 Å². The lowest BCUT2D eigenvalue weighted by Crippen LogP contribution is -2.41. The summed E-state index contributed by atoms with van der Waals surface area (Å²) < 4.78 is 11.4. The highest BCUT2D eigenvalue weighted by Crippen LogP contribution is 2.37. The van der Waals surface area contributed by atoms with E-state index in [4.69, 9.17) is 14.2 Å². The molecule has 1 fully saturated rings. The predicted octanol–water partition coefficient (Wildman–Crippen LogP) is 4.83. The molecule has 1 atom stereocenters. The summed E-state index contributed by atoms with van der Waals surface area (Å²) in [4.78, 5) is 24.6. The molecular weight excluding hydrogens is 404 g/mol. The zero-order chi connectivity index (χ0) is 22.5. The molecule has 0 bridgehead atoms. The third-order valence-corrected chi connectivity index (χ3v) is 5.99. The van der Waals surface area contributed by atoms with Crippen molar-refractivity contribution in [3.05, 3.63) is 59.3 Å². The highest BCUT2D eigenvalue weighted by Gasteiger charge is 2.33. The Morgan fingerprint density at radius 1 is 1.22 bits per heavy atom. The summed E-state index contributed by atoms with van der Waals surface area (Å²) in [5, 5.41) is 4.12. The molecule has 32 heavy (non-hydrogen) atoms. The van der Waals surface area contributed by atoms with Gasteiger partial charge >= 0.3 is 0 Å². The van der Waals surface area contributed by atoms with Crippen molar-refractivity contribution in [2.45, 2.75) is 58.9 Å². The normalized spacial score (nSPS) is 16.2. The molecule has 7 heteroatoms. The second kappa shape index (κ2) is 9.94. The number of aryl methyl sites for hydroxylation is 2. The van der Waals surface area contributed by atoms with Gasteiger partial charge < -0.3 is 14.2 Å². The minimum Gasteiger partial charge on any atom is -0.484 e. The highest BCUT2D eigenvalue weighted by atomic mass is 16.5. The van der Waals surface area contributed by atoms with E-state index in [-0.39, 0.29) is 18.6 Å². The molecule has 3 heterocycles. The van der Waals surface area contributed by atoms with Crippen molar-refractivity contribution in [1.29, 1.82) is 0 Å². The van der Waals surface area contributed by atoms with Crippen LogP contribution in [-0.4, -0.2) is 39.1 Å². The summed E-state index contributed by atoms with van der Waals surface area (Å²) >= 11 is 0. The summed E-state index contributed by atoms with van der Waals surface area (Å²) in [7, 11) is 0. The average Bonchev–Trinajstić information content (AvgIpc) is 3.16. The first kappa shape index (κ1) is 22.0. The molecule has 0 radical (unpaired) electrons. The predicted molar refractivity (Wildman–Crippen MR) is 121 cm³/mol. The van der Waals surface area contributed by atoms with Crippen molar-refractivity contribution in [1.82, 2.24) is 20.0 Å². The number of hydrogen-bond donors (Lipinski definition) is 0. The Labute approximate surface area is 188 Å². The number of para-hydroxylation sites is 1. The second-order valence-corrected chi connectivity index (χ2v) is 8.26. The van der Waals surface area contributed by atoms with Crippen LogP contribution in [0.5, 0.6) is 5.75 Å². The van der Waals surface area contributed by atoms with E-state index in [1.165, 1.54) is 0 Å². The van der Waals surface area contributed by atoms with Gasteiger partial charge in [-0.25, -0.2) is 9.97 Å². The lowest BCUT2D eigenvalue weighted by molar-refractivity contribution is -0.137. The molecule has 1 aromatic carbocycles. The van der Waals surface area contributed by atoms with Crippen LogP contribution in [0, 0.1) is 13.8 Å². The van der Waals surface area contributed by atoms with Crippen molar-refractivity contribution >= 4 is 5.91 Å². The number of aromatic nitrogens is 3. The lowest BCUT2D eigenvalue weighted by Gasteiger charge is -2.36. The van der Waals surface area contributed by atoms with Gasteiger partial charge in [-0.1, -0.05) is 30.3 Å². The maximum atomic E-state index is 13.2. The molecular formula is C25H30N4O3. The molecule has 1 aliphatic rings. The monoisotopic (exact) mass is 434 g/mol. The number of carbonyl (C=O) groups excluding carboxylic acids is 1. The minimum atomic E-state index is -0.144. The number of ether oxygens (including phenoxy) is 1. The standard InChI is InChI=1S/C25H30N4O3/c1-4-10-22-26-15-20(25-17(2)18(3)28-32-25)24(27-22)21-13-8-9-14-29(21)23(30)16-31-19-11-6-5-7-12-19/h5-7,11-12,15,21H,4,8-10,13-14,16H2,1-3H3/t21-/m1/s1. The zero-order valence-corrected chi connectivity index (χ0v) is 19.0. The summed E-state index contributed by atoms with van der Waals surface area (Å²) in [6, 6.07) is 9.29. The summed E-state index contributed by atoms with van der Waals surface area (Å²) in [5.74, 6) is 2.12.